The van der Waals surface area contributed by atoms with Crippen LogP contribution < -0.4 is 10.0 Å². The molecule has 7 nitrogen and oxygen atoms in total. The van der Waals surface area contributed by atoms with E-state index in [9.17, 15) is 18.3 Å². The zero-order chi connectivity index (χ0) is 20.9. The molecule has 1 fully saturated rings. The average molecular weight is 418 g/mol. The summed E-state index contributed by atoms with van der Waals surface area (Å²) in [5.41, 5.74) is 0.537. The number of carbonyl (C=O) groups is 1. The maximum Gasteiger partial charge on any atom is 0.242 e. The second kappa shape index (κ2) is 9.02. The molecule has 0 unspecified atom stereocenters. The molecule has 1 amide bonds. The van der Waals surface area contributed by atoms with Crippen LogP contribution in [0.5, 0.6) is 0 Å². The zero-order valence-electron chi connectivity index (χ0n) is 16.4. The molecule has 0 bridgehead atoms. The Morgan fingerprint density at radius 1 is 1.17 bits per heavy atom. The third-order valence-corrected chi connectivity index (χ3v) is 7.02. The quantitative estimate of drug-likeness (QED) is 0.621. The molecule has 0 spiro atoms. The lowest BCUT2D eigenvalue weighted by atomic mass is 9.74. The van der Waals surface area contributed by atoms with E-state index in [1.807, 2.05) is 30.3 Å². The minimum absolute atomic E-state index is 0.119. The van der Waals surface area contributed by atoms with Gasteiger partial charge in [0.2, 0.25) is 15.9 Å². The maximum atomic E-state index is 12.8. The van der Waals surface area contributed by atoms with Crippen LogP contribution in [0.2, 0.25) is 0 Å². The van der Waals surface area contributed by atoms with E-state index in [0.717, 1.165) is 5.56 Å². The highest BCUT2D eigenvalue weighted by Crippen LogP contribution is 2.38. The molecule has 0 aliphatic heterocycles. The van der Waals surface area contributed by atoms with E-state index in [-0.39, 0.29) is 23.4 Å². The summed E-state index contributed by atoms with van der Waals surface area (Å²) in [7, 11) is -3.71. The number of sulfonamides is 1. The number of hydrogen-bond donors (Lipinski definition) is 3. The van der Waals surface area contributed by atoms with E-state index in [4.69, 9.17) is 0 Å². The number of rotatable bonds is 6. The van der Waals surface area contributed by atoms with Crippen LogP contribution in [-0.2, 0) is 20.2 Å². The Kier molecular flexibility index (Phi) is 6.66. The Labute approximate surface area is 171 Å². The summed E-state index contributed by atoms with van der Waals surface area (Å²) in [6, 6.07) is 12.5. The molecule has 2 aromatic rings. The van der Waals surface area contributed by atoms with Crippen molar-refractivity contribution in [2.75, 3.05) is 6.54 Å². The molecule has 1 aliphatic carbocycles. The molecule has 8 heteroatoms. The number of amides is 1. The third kappa shape index (κ3) is 5.20. The fourth-order valence-corrected chi connectivity index (χ4v) is 5.08. The molecule has 29 heavy (non-hydrogen) atoms. The van der Waals surface area contributed by atoms with Gasteiger partial charge in [-0.25, -0.2) is 13.1 Å². The van der Waals surface area contributed by atoms with Crippen molar-refractivity contribution < 1.29 is 18.3 Å². The first-order valence-electron chi connectivity index (χ1n) is 9.73. The summed E-state index contributed by atoms with van der Waals surface area (Å²) in [4.78, 5) is 15.5. The third-order valence-electron chi connectivity index (χ3n) is 5.64. The topological polar surface area (TPSA) is 108 Å². The summed E-state index contributed by atoms with van der Waals surface area (Å²) < 4.78 is 28.2. The summed E-state index contributed by atoms with van der Waals surface area (Å²) >= 11 is 0. The van der Waals surface area contributed by atoms with Gasteiger partial charge < -0.3 is 10.4 Å². The fourth-order valence-electron chi connectivity index (χ4n) is 3.99. The molecule has 3 rings (SSSR count). The Hall–Kier alpha value is -2.29. The molecule has 1 aromatic heterocycles. The van der Waals surface area contributed by atoms with Gasteiger partial charge in [-0.3, -0.25) is 9.78 Å². The van der Waals surface area contributed by atoms with Crippen LogP contribution in [0.1, 0.15) is 38.2 Å². The molecule has 1 aromatic carbocycles. The van der Waals surface area contributed by atoms with Gasteiger partial charge in [0.05, 0.1) is 12.1 Å². The summed E-state index contributed by atoms with van der Waals surface area (Å²) in [6.45, 7) is 1.64. The minimum Gasteiger partial charge on any atom is -0.391 e. The van der Waals surface area contributed by atoms with Crippen molar-refractivity contribution in [2.45, 2.75) is 55.1 Å². The van der Waals surface area contributed by atoms with Crippen LogP contribution in [-0.4, -0.2) is 43.1 Å². The second-order valence-corrected chi connectivity index (χ2v) is 9.38. The molecule has 0 radical (unpaired) electrons. The van der Waals surface area contributed by atoms with Crippen LogP contribution in [0, 0.1) is 0 Å². The number of nitrogens with one attached hydrogen (secondary N) is 2. The first-order chi connectivity index (χ1) is 13.8. The van der Waals surface area contributed by atoms with Gasteiger partial charge in [0.15, 0.2) is 0 Å². The molecular formula is C21H27N3O4S. The van der Waals surface area contributed by atoms with E-state index in [1.165, 1.54) is 25.4 Å². The number of nitrogens with zero attached hydrogens (tertiary/aromatic N) is 1. The van der Waals surface area contributed by atoms with Crippen molar-refractivity contribution in [3.05, 3.63) is 60.4 Å². The average Bonchev–Trinajstić information content (AvgIpc) is 2.88. The van der Waals surface area contributed by atoms with Crippen LogP contribution in [0.15, 0.2) is 59.8 Å². The normalized spacial score (nSPS) is 25.2. The number of pyridine rings is 1. The zero-order valence-corrected chi connectivity index (χ0v) is 17.2. The lowest BCUT2D eigenvalue weighted by Gasteiger charge is -2.34. The predicted molar refractivity (Wildman–Crippen MR) is 110 cm³/mol. The van der Waals surface area contributed by atoms with Crippen molar-refractivity contribution in [2.24, 2.45) is 0 Å². The van der Waals surface area contributed by atoms with Gasteiger partial charge in [0, 0.05) is 31.3 Å². The number of carbonyl (C=O) groups excluding carboxylic acids is 1. The van der Waals surface area contributed by atoms with Gasteiger partial charge in [-0.15, -0.1) is 0 Å². The molecule has 1 saturated carbocycles. The van der Waals surface area contributed by atoms with Gasteiger partial charge in [-0.05, 0) is 43.4 Å². The minimum atomic E-state index is -3.71. The number of hydrogen-bond acceptors (Lipinski definition) is 5. The highest BCUT2D eigenvalue weighted by Gasteiger charge is 2.39. The Balaban J connectivity index is 1.87. The summed E-state index contributed by atoms with van der Waals surface area (Å²) in [5.74, 6) is -0.182. The van der Waals surface area contributed by atoms with Gasteiger partial charge >= 0.3 is 0 Å². The van der Waals surface area contributed by atoms with Crippen molar-refractivity contribution in [3.63, 3.8) is 0 Å². The standard InChI is InChI=1S/C21H27N3O4S/c1-16(25)24-19-9-11-21(12-10-20(19)26,17-6-3-2-4-7-17)15-23-29(27,28)18-8-5-13-22-14-18/h2-8,13-14,19-20,23,26H,9-12,15H2,1H3,(H,24,25)/t19-,20-,21-/m0/s1. The van der Waals surface area contributed by atoms with E-state index < -0.39 is 21.5 Å². The van der Waals surface area contributed by atoms with Gasteiger partial charge in [0.25, 0.3) is 0 Å². The molecule has 1 heterocycles. The first-order valence-corrected chi connectivity index (χ1v) is 11.2. The SMILES string of the molecule is CC(=O)N[C@H]1CC[C@](CNS(=O)(=O)c2cccnc2)(c2ccccc2)CC[C@@H]1O. The van der Waals surface area contributed by atoms with Crippen LogP contribution in [0.4, 0.5) is 0 Å². The van der Waals surface area contributed by atoms with Gasteiger partial charge in [-0.2, -0.15) is 0 Å². The van der Waals surface area contributed by atoms with Crippen LogP contribution in [0.25, 0.3) is 0 Å². The largest absolute Gasteiger partial charge is 0.391 e. The molecular weight excluding hydrogens is 390 g/mol. The van der Waals surface area contributed by atoms with Crippen molar-refractivity contribution in [3.8, 4) is 0 Å². The predicted octanol–water partition coefficient (Wildman–Crippen LogP) is 1.74. The molecule has 0 saturated heterocycles. The highest BCUT2D eigenvalue weighted by molar-refractivity contribution is 7.89. The number of aliphatic hydroxyl groups is 1. The number of aromatic nitrogens is 1. The van der Waals surface area contributed by atoms with E-state index in [1.54, 1.807) is 6.07 Å². The maximum absolute atomic E-state index is 12.8. The van der Waals surface area contributed by atoms with Crippen LogP contribution >= 0.6 is 0 Å². The van der Waals surface area contributed by atoms with E-state index in [0.29, 0.717) is 25.7 Å². The highest BCUT2D eigenvalue weighted by atomic mass is 32.2. The first kappa shape index (κ1) is 21.4. The van der Waals surface area contributed by atoms with E-state index in [2.05, 4.69) is 15.0 Å². The Bertz CT molecular complexity index is 921. The Morgan fingerprint density at radius 3 is 2.55 bits per heavy atom. The van der Waals surface area contributed by atoms with Gasteiger partial charge in [0.1, 0.15) is 4.90 Å². The van der Waals surface area contributed by atoms with Crippen LogP contribution in [0.3, 0.4) is 0 Å². The molecule has 156 valence electrons. The summed E-state index contributed by atoms with van der Waals surface area (Å²) in [5, 5.41) is 13.3. The molecule has 3 N–H and O–H groups in total. The van der Waals surface area contributed by atoms with Crippen molar-refractivity contribution >= 4 is 15.9 Å². The number of benzene rings is 1. The second-order valence-electron chi connectivity index (χ2n) is 7.61. The molecule has 1 aliphatic rings. The van der Waals surface area contributed by atoms with Gasteiger partial charge in [-0.1, -0.05) is 30.3 Å². The number of aliphatic hydroxyl groups excluding tert-OH is 1. The smallest absolute Gasteiger partial charge is 0.242 e. The monoisotopic (exact) mass is 417 g/mol. The summed E-state index contributed by atoms with van der Waals surface area (Å²) in [6.07, 6.45) is 4.44. The Morgan fingerprint density at radius 2 is 1.90 bits per heavy atom. The van der Waals surface area contributed by atoms with Crippen molar-refractivity contribution in [1.82, 2.24) is 15.0 Å². The lowest BCUT2D eigenvalue weighted by molar-refractivity contribution is -0.120. The van der Waals surface area contributed by atoms with E-state index >= 15 is 0 Å². The van der Waals surface area contributed by atoms with Crippen molar-refractivity contribution in [1.29, 1.82) is 0 Å². The lowest BCUT2D eigenvalue weighted by Crippen LogP contribution is -2.42. The fraction of sp³-hybridized carbons (Fsp3) is 0.429. The molecule has 3 atom stereocenters.